The van der Waals surface area contributed by atoms with Crippen LogP contribution in [-0.4, -0.2) is 10.2 Å². The zero-order valence-electron chi connectivity index (χ0n) is 14.9. The zero-order chi connectivity index (χ0) is 17.4. The Balaban J connectivity index is 2.48. The molecule has 2 nitrogen and oxygen atoms in total. The number of aryl methyl sites for hydroxylation is 3. The second-order valence-electron chi connectivity index (χ2n) is 7.28. The molecule has 0 saturated heterocycles. The van der Waals surface area contributed by atoms with Crippen LogP contribution in [0.2, 0.25) is 0 Å². The Morgan fingerprint density at radius 1 is 0.783 bits per heavy atom. The molecule has 2 N–H and O–H groups in total. The molecule has 2 heteroatoms. The molecular weight excluding hydrogens is 284 g/mol. The van der Waals surface area contributed by atoms with Crippen molar-refractivity contribution in [3.63, 3.8) is 0 Å². The van der Waals surface area contributed by atoms with Gasteiger partial charge in [0.2, 0.25) is 0 Å². The van der Waals surface area contributed by atoms with Gasteiger partial charge in [0, 0.05) is 5.56 Å². The summed E-state index contributed by atoms with van der Waals surface area (Å²) in [4.78, 5) is 0. The number of rotatable bonds is 2. The molecule has 0 atom stereocenters. The van der Waals surface area contributed by atoms with Gasteiger partial charge in [-0.15, -0.1) is 0 Å². The van der Waals surface area contributed by atoms with Crippen molar-refractivity contribution in [2.45, 2.75) is 47.0 Å². The Morgan fingerprint density at radius 2 is 1.35 bits per heavy atom. The molecule has 0 saturated carbocycles. The summed E-state index contributed by atoms with van der Waals surface area (Å²) in [6.45, 7) is 12.1. The third-order valence-electron chi connectivity index (χ3n) is 4.20. The van der Waals surface area contributed by atoms with Gasteiger partial charge in [0.1, 0.15) is 11.5 Å². The molecule has 0 aliphatic carbocycles. The van der Waals surface area contributed by atoms with Gasteiger partial charge in [0.25, 0.3) is 0 Å². The van der Waals surface area contributed by atoms with Crippen molar-refractivity contribution >= 4 is 12.2 Å². The third kappa shape index (κ3) is 3.58. The normalized spacial score (nSPS) is 12.1. The minimum atomic E-state index is -0.105. The third-order valence-corrected chi connectivity index (χ3v) is 4.20. The second-order valence-corrected chi connectivity index (χ2v) is 7.28. The van der Waals surface area contributed by atoms with E-state index in [1.165, 1.54) is 0 Å². The van der Waals surface area contributed by atoms with Gasteiger partial charge in [-0.1, -0.05) is 45.1 Å². The molecule has 0 unspecified atom stereocenters. The number of benzene rings is 2. The lowest BCUT2D eigenvalue weighted by molar-refractivity contribution is 0.445. The van der Waals surface area contributed by atoms with Crippen molar-refractivity contribution in [2.75, 3.05) is 0 Å². The molecule has 0 aliphatic heterocycles. The second kappa shape index (κ2) is 6.11. The smallest absolute Gasteiger partial charge is 0.126 e. The summed E-state index contributed by atoms with van der Waals surface area (Å²) in [6.07, 6.45) is 3.93. The van der Waals surface area contributed by atoms with Gasteiger partial charge in [-0.3, -0.25) is 0 Å². The molecule has 0 heterocycles. The van der Waals surface area contributed by atoms with Crippen LogP contribution in [0.4, 0.5) is 0 Å². The average Bonchev–Trinajstić information content (AvgIpc) is 2.42. The minimum absolute atomic E-state index is 0.105. The highest BCUT2D eigenvalue weighted by molar-refractivity contribution is 5.76. The van der Waals surface area contributed by atoms with Crippen LogP contribution in [0.15, 0.2) is 24.3 Å². The molecule has 0 amide bonds. The number of hydrogen-bond acceptors (Lipinski definition) is 2. The number of phenols is 2. The van der Waals surface area contributed by atoms with Crippen molar-refractivity contribution < 1.29 is 10.2 Å². The first kappa shape index (κ1) is 17.1. The Morgan fingerprint density at radius 3 is 1.87 bits per heavy atom. The lowest BCUT2D eigenvalue weighted by atomic mass is 9.84. The maximum absolute atomic E-state index is 10.6. The number of hydrogen-bond donors (Lipinski definition) is 2. The van der Waals surface area contributed by atoms with Gasteiger partial charge in [-0.05, 0) is 66.1 Å². The first-order chi connectivity index (χ1) is 10.6. The van der Waals surface area contributed by atoms with Gasteiger partial charge in [0.15, 0.2) is 0 Å². The van der Waals surface area contributed by atoms with E-state index in [0.717, 1.165) is 33.4 Å². The Kier molecular flexibility index (Phi) is 4.56. The Bertz CT molecular complexity index is 739. The Labute approximate surface area is 139 Å². The molecule has 0 aromatic heterocycles. The van der Waals surface area contributed by atoms with Crippen molar-refractivity contribution in [1.29, 1.82) is 0 Å². The summed E-state index contributed by atoms with van der Waals surface area (Å²) in [7, 11) is 0. The molecule has 0 aliphatic rings. The minimum Gasteiger partial charge on any atom is -0.507 e. The maximum Gasteiger partial charge on any atom is 0.126 e. The molecule has 2 aromatic rings. The van der Waals surface area contributed by atoms with Crippen LogP contribution in [0, 0.1) is 20.8 Å². The molecule has 122 valence electrons. The fourth-order valence-corrected chi connectivity index (χ4v) is 2.79. The van der Waals surface area contributed by atoms with E-state index in [0.29, 0.717) is 11.5 Å². The van der Waals surface area contributed by atoms with Crippen LogP contribution in [-0.2, 0) is 5.41 Å². The van der Waals surface area contributed by atoms with Gasteiger partial charge >= 0.3 is 0 Å². The molecule has 0 bridgehead atoms. The standard InChI is InChI=1S/C21H26O2/c1-13-7-10-18(21(4,5)6)20(23)17(13)9-8-16-11-14(2)19(22)15(3)12-16/h7-12,22-23H,1-6H3. The Hall–Kier alpha value is -2.22. The number of aromatic hydroxyl groups is 2. The molecule has 0 spiro atoms. The van der Waals surface area contributed by atoms with Gasteiger partial charge in [0.05, 0.1) is 0 Å². The van der Waals surface area contributed by atoms with Crippen molar-refractivity contribution in [1.82, 2.24) is 0 Å². The van der Waals surface area contributed by atoms with Crippen molar-refractivity contribution in [3.05, 3.63) is 57.6 Å². The summed E-state index contributed by atoms with van der Waals surface area (Å²) < 4.78 is 0. The van der Waals surface area contributed by atoms with Crippen molar-refractivity contribution in [3.8, 4) is 11.5 Å². The van der Waals surface area contributed by atoms with E-state index in [1.807, 2.05) is 57.2 Å². The lowest BCUT2D eigenvalue weighted by Gasteiger charge is -2.22. The predicted molar refractivity (Wildman–Crippen MR) is 98.1 cm³/mol. The van der Waals surface area contributed by atoms with E-state index in [2.05, 4.69) is 20.8 Å². The summed E-state index contributed by atoms with van der Waals surface area (Å²) in [5, 5.41) is 20.5. The lowest BCUT2D eigenvalue weighted by Crippen LogP contribution is -2.11. The molecule has 2 aromatic carbocycles. The molecule has 0 fully saturated rings. The molecule has 2 rings (SSSR count). The largest absolute Gasteiger partial charge is 0.507 e. The predicted octanol–water partition coefficient (Wildman–Crippen LogP) is 5.49. The van der Waals surface area contributed by atoms with Gasteiger partial charge < -0.3 is 10.2 Å². The van der Waals surface area contributed by atoms with Crippen LogP contribution >= 0.6 is 0 Å². The van der Waals surface area contributed by atoms with E-state index in [9.17, 15) is 10.2 Å². The van der Waals surface area contributed by atoms with E-state index in [1.54, 1.807) is 0 Å². The van der Waals surface area contributed by atoms with E-state index >= 15 is 0 Å². The van der Waals surface area contributed by atoms with Crippen LogP contribution in [0.1, 0.15) is 54.2 Å². The first-order valence-corrected chi connectivity index (χ1v) is 7.92. The number of phenolic OH excluding ortho intramolecular Hbond substituents is 2. The highest BCUT2D eigenvalue weighted by Crippen LogP contribution is 2.36. The van der Waals surface area contributed by atoms with Gasteiger partial charge in [-0.2, -0.15) is 0 Å². The zero-order valence-corrected chi connectivity index (χ0v) is 14.9. The monoisotopic (exact) mass is 310 g/mol. The van der Waals surface area contributed by atoms with E-state index in [4.69, 9.17) is 0 Å². The quantitative estimate of drug-likeness (QED) is 0.720. The highest BCUT2D eigenvalue weighted by atomic mass is 16.3. The summed E-state index contributed by atoms with van der Waals surface area (Å²) in [5.74, 6) is 0.692. The molecular formula is C21H26O2. The van der Waals surface area contributed by atoms with Crippen LogP contribution < -0.4 is 0 Å². The summed E-state index contributed by atoms with van der Waals surface area (Å²) in [6, 6.07) is 7.93. The van der Waals surface area contributed by atoms with Crippen LogP contribution in [0.5, 0.6) is 11.5 Å². The van der Waals surface area contributed by atoms with Gasteiger partial charge in [-0.25, -0.2) is 0 Å². The first-order valence-electron chi connectivity index (χ1n) is 7.92. The fourth-order valence-electron chi connectivity index (χ4n) is 2.79. The fraction of sp³-hybridized carbons (Fsp3) is 0.333. The average molecular weight is 310 g/mol. The van der Waals surface area contributed by atoms with Crippen LogP contribution in [0.3, 0.4) is 0 Å². The van der Waals surface area contributed by atoms with E-state index in [-0.39, 0.29) is 5.41 Å². The SMILES string of the molecule is Cc1cc(C=Cc2c(C)ccc(C(C)(C)C)c2O)cc(C)c1O. The topological polar surface area (TPSA) is 40.5 Å². The van der Waals surface area contributed by atoms with Crippen LogP contribution in [0.25, 0.3) is 12.2 Å². The molecule has 0 radical (unpaired) electrons. The maximum atomic E-state index is 10.6. The summed E-state index contributed by atoms with van der Waals surface area (Å²) >= 11 is 0. The summed E-state index contributed by atoms with van der Waals surface area (Å²) in [5.41, 5.74) is 5.45. The van der Waals surface area contributed by atoms with Crippen molar-refractivity contribution in [2.24, 2.45) is 0 Å². The molecule has 23 heavy (non-hydrogen) atoms. The van der Waals surface area contributed by atoms with E-state index < -0.39 is 0 Å². The highest BCUT2D eigenvalue weighted by Gasteiger charge is 2.20.